The van der Waals surface area contributed by atoms with Gasteiger partial charge < -0.3 is 5.32 Å². The monoisotopic (exact) mass is 378 g/mol. The van der Waals surface area contributed by atoms with Crippen molar-refractivity contribution in [3.05, 3.63) is 45.3 Å². The number of carbonyl (C=O) groups is 1. The Balaban J connectivity index is 1.99. The quantitative estimate of drug-likeness (QED) is 0.837. The lowest BCUT2D eigenvalue weighted by Crippen LogP contribution is -2.32. The van der Waals surface area contributed by atoms with E-state index in [9.17, 15) is 13.2 Å². The normalized spacial score (nSPS) is 11.4. The highest BCUT2D eigenvalue weighted by Gasteiger charge is 2.18. The second-order valence-electron chi connectivity index (χ2n) is 4.39. The molecule has 1 amide bonds. The van der Waals surface area contributed by atoms with E-state index in [0.717, 1.165) is 16.9 Å². The zero-order chi connectivity index (χ0) is 16.3. The van der Waals surface area contributed by atoms with Gasteiger partial charge in [0.15, 0.2) is 0 Å². The minimum absolute atomic E-state index is 0.0595. The Morgan fingerprint density at radius 3 is 2.59 bits per heavy atom. The molecule has 1 aromatic heterocycles. The summed E-state index contributed by atoms with van der Waals surface area (Å²) in [5.74, 6) is -0.489. The molecule has 0 atom stereocenters. The molecule has 9 heteroatoms. The number of amides is 1. The number of hydrogen-bond acceptors (Lipinski definition) is 4. The van der Waals surface area contributed by atoms with E-state index in [1.807, 2.05) is 6.92 Å². The van der Waals surface area contributed by atoms with E-state index in [1.54, 1.807) is 18.2 Å². The number of thiophene rings is 1. The zero-order valence-corrected chi connectivity index (χ0v) is 14.5. The van der Waals surface area contributed by atoms with E-state index in [4.69, 9.17) is 23.2 Å². The summed E-state index contributed by atoms with van der Waals surface area (Å²) < 4.78 is 26.6. The largest absolute Gasteiger partial charge is 0.325 e. The second-order valence-corrected chi connectivity index (χ2v) is 8.54. The van der Waals surface area contributed by atoms with Crippen LogP contribution in [0.4, 0.5) is 5.69 Å². The van der Waals surface area contributed by atoms with Crippen molar-refractivity contribution in [3.8, 4) is 0 Å². The smallest absolute Gasteiger partial charge is 0.250 e. The van der Waals surface area contributed by atoms with Crippen molar-refractivity contribution in [1.82, 2.24) is 4.72 Å². The van der Waals surface area contributed by atoms with Crippen LogP contribution in [0.5, 0.6) is 0 Å². The Labute approximate surface area is 142 Å². The van der Waals surface area contributed by atoms with Crippen LogP contribution in [0.2, 0.25) is 9.36 Å². The van der Waals surface area contributed by atoms with Crippen molar-refractivity contribution in [2.24, 2.45) is 0 Å². The number of aryl methyl sites for hydroxylation is 1. The fourth-order valence-electron chi connectivity index (χ4n) is 1.60. The van der Waals surface area contributed by atoms with E-state index < -0.39 is 15.9 Å². The molecular weight excluding hydrogens is 367 g/mol. The minimum Gasteiger partial charge on any atom is -0.325 e. The third-order valence-corrected chi connectivity index (χ3v) is 6.07. The first kappa shape index (κ1) is 17.2. The van der Waals surface area contributed by atoms with Crippen LogP contribution in [0.1, 0.15) is 5.56 Å². The average molecular weight is 379 g/mol. The molecule has 0 spiro atoms. The van der Waals surface area contributed by atoms with E-state index >= 15 is 0 Å². The lowest BCUT2D eigenvalue weighted by atomic mass is 10.2. The maximum atomic E-state index is 12.0. The summed E-state index contributed by atoms with van der Waals surface area (Å²) in [6, 6.07) is 7.93. The fourth-order valence-corrected chi connectivity index (χ4v) is 4.28. The first-order valence-electron chi connectivity index (χ1n) is 6.09. The highest BCUT2D eigenvalue weighted by Crippen LogP contribution is 2.25. The molecule has 0 saturated carbocycles. The summed E-state index contributed by atoms with van der Waals surface area (Å²) in [6.45, 7) is 1.42. The van der Waals surface area contributed by atoms with Gasteiger partial charge in [-0.05, 0) is 36.8 Å². The molecule has 0 saturated heterocycles. The number of rotatable bonds is 5. The van der Waals surface area contributed by atoms with Crippen molar-refractivity contribution in [1.29, 1.82) is 0 Å². The third kappa shape index (κ3) is 4.44. The van der Waals surface area contributed by atoms with Crippen LogP contribution in [-0.2, 0) is 14.8 Å². The lowest BCUT2D eigenvalue weighted by molar-refractivity contribution is -0.115. The van der Waals surface area contributed by atoms with Crippen molar-refractivity contribution in [2.75, 3.05) is 11.9 Å². The number of carbonyl (C=O) groups excluding carboxylic acids is 1. The lowest BCUT2D eigenvalue weighted by Gasteiger charge is -2.09. The van der Waals surface area contributed by atoms with Crippen LogP contribution in [0, 0.1) is 6.92 Å². The molecule has 2 rings (SSSR count). The average Bonchev–Trinajstić information content (AvgIpc) is 2.88. The maximum absolute atomic E-state index is 12.0. The van der Waals surface area contributed by atoms with Gasteiger partial charge in [-0.25, -0.2) is 13.1 Å². The molecule has 2 aromatic rings. The van der Waals surface area contributed by atoms with Crippen LogP contribution < -0.4 is 10.0 Å². The van der Waals surface area contributed by atoms with Crippen molar-refractivity contribution in [3.63, 3.8) is 0 Å². The molecule has 0 radical (unpaired) electrons. The third-order valence-electron chi connectivity index (χ3n) is 2.71. The highest BCUT2D eigenvalue weighted by molar-refractivity contribution is 7.91. The predicted molar refractivity (Wildman–Crippen MR) is 89.3 cm³/mol. The Kier molecular flexibility index (Phi) is 5.46. The molecular formula is C13H12Cl2N2O3S2. The van der Waals surface area contributed by atoms with E-state index in [-0.39, 0.29) is 10.8 Å². The molecule has 5 nitrogen and oxygen atoms in total. The first-order valence-corrected chi connectivity index (χ1v) is 9.14. The number of sulfonamides is 1. The number of halogens is 2. The van der Waals surface area contributed by atoms with Gasteiger partial charge in [-0.3, -0.25) is 4.79 Å². The Morgan fingerprint density at radius 2 is 1.95 bits per heavy atom. The number of nitrogens with one attached hydrogen (secondary N) is 2. The SMILES string of the molecule is Cc1ccc(Cl)cc1NC(=O)CNS(=O)(=O)c1ccc(Cl)s1. The Morgan fingerprint density at radius 1 is 1.23 bits per heavy atom. The molecule has 0 aliphatic carbocycles. The maximum Gasteiger partial charge on any atom is 0.250 e. The molecule has 1 heterocycles. The molecule has 22 heavy (non-hydrogen) atoms. The molecule has 1 aromatic carbocycles. The summed E-state index contributed by atoms with van der Waals surface area (Å²) in [7, 11) is -3.75. The molecule has 0 bridgehead atoms. The molecule has 2 N–H and O–H groups in total. The van der Waals surface area contributed by atoms with Gasteiger partial charge in [-0.15, -0.1) is 11.3 Å². The molecule has 0 aliphatic rings. The zero-order valence-electron chi connectivity index (χ0n) is 11.4. The number of anilines is 1. The van der Waals surface area contributed by atoms with Gasteiger partial charge in [0.05, 0.1) is 10.9 Å². The summed E-state index contributed by atoms with van der Waals surface area (Å²) in [5.41, 5.74) is 1.36. The van der Waals surface area contributed by atoms with Gasteiger partial charge in [-0.1, -0.05) is 29.3 Å². The second kappa shape index (κ2) is 6.97. The Bertz CT molecular complexity index is 803. The first-order chi connectivity index (χ1) is 10.3. The van der Waals surface area contributed by atoms with Crippen molar-refractivity contribution >= 4 is 56.2 Å². The van der Waals surface area contributed by atoms with Gasteiger partial charge in [0.2, 0.25) is 5.91 Å². The molecule has 0 unspecified atom stereocenters. The van der Waals surface area contributed by atoms with Gasteiger partial charge in [0, 0.05) is 10.7 Å². The number of hydrogen-bond donors (Lipinski definition) is 2. The van der Waals surface area contributed by atoms with Crippen molar-refractivity contribution in [2.45, 2.75) is 11.1 Å². The standard InChI is InChI=1S/C13H12Cl2N2O3S2/c1-8-2-3-9(14)6-10(8)17-12(18)7-16-22(19,20)13-5-4-11(15)21-13/h2-6,16H,7H2,1H3,(H,17,18). The van der Waals surface area contributed by atoms with Crippen LogP contribution in [0.3, 0.4) is 0 Å². The van der Waals surface area contributed by atoms with Crippen LogP contribution in [-0.4, -0.2) is 20.9 Å². The predicted octanol–water partition coefficient (Wildman–Crippen LogP) is 3.28. The molecule has 118 valence electrons. The number of benzene rings is 1. The minimum atomic E-state index is -3.75. The van der Waals surface area contributed by atoms with Gasteiger partial charge >= 0.3 is 0 Å². The van der Waals surface area contributed by atoms with E-state index in [2.05, 4.69) is 10.0 Å². The Hall–Kier alpha value is -1.12. The summed E-state index contributed by atoms with van der Waals surface area (Å²) in [6.07, 6.45) is 0. The molecule has 0 aliphatic heterocycles. The van der Waals surface area contributed by atoms with Gasteiger partial charge in [0.25, 0.3) is 10.0 Å². The van der Waals surface area contributed by atoms with Crippen LogP contribution in [0.25, 0.3) is 0 Å². The van der Waals surface area contributed by atoms with Gasteiger partial charge in [-0.2, -0.15) is 0 Å². The topological polar surface area (TPSA) is 75.3 Å². The fraction of sp³-hybridized carbons (Fsp3) is 0.154. The summed E-state index contributed by atoms with van der Waals surface area (Å²) in [5, 5.41) is 3.09. The van der Waals surface area contributed by atoms with Gasteiger partial charge in [0.1, 0.15) is 4.21 Å². The van der Waals surface area contributed by atoms with Crippen LogP contribution >= 0.6 is 34.5 Å². The van der Waals surface area contributed by atoms with E-state index in [0.29, 0.717) is 15.0 Å². The van der Waals surface area contributed by atoms with Crippen LogP contribution in [0.15, 0.2) is 34.5 Å². The highest BCUT2D eigenvalue weighted by atomic mass is 35.5. The van der Waals surface area contributed by atoms with Crippen molar-refractivity contribution < 1.29 is 13.2 Å². The summed E-state index contributed by atoms with van der Waals surface area (Å²) in [4.78, 5) is 11.9. The molecule has 0 fully saturated rings. The van der Waals surface area contributed by atoms with E-state index in [1.165, 1.54) is 12.1 Å². The summed E-state index contributed by atoms with van der Waals surface area (Å²) >= 11 is 12.5.